The summed E-state index contributed by atoms with van der Waals surface area (Å²) in [6.45, 7) is 6.70. The molecule has 1 aliphatic carbocycles. The fourth-order valence-corrected chi connectivity index (χ4v) is 3.19. The highest BCUT2D eigenvalue weighted by atomic mass is 16.5. The van der Waals surface area contributed by atoms with Crippen molar-refractivity contribution in [2.75, 3.05) is 19.4 Å². The van der Waals surface area contributed by atoms with Gasteiger partial charge in [-0.2, -0.15) is 0 Å². The van der Waals surface area contributed by atoms with E-state index in [1.165, 1.54) is 31.2 Å². The molecule has 0 amide bonds. The molecule has 0 aromatic heterocycles. The zero-order valence-electron chi connectivity index (χ0n) is 13.1. The van der Waals surface area contributed by atoms with Crippen LogP contribution < -0.4 is 10.5 Å². The molecule has 0 radical (unpaired) electrons. The highest BCUT2D eigenvalue weighted by Gasteiger charge is 2.24. The van der Waals surface area contributed by atoms with E-state index in [1.807, 2.05) is 12.1 Å². The van der Waals surface area contributed by atoms with Crippen molar-refractivity contribution in [2.24, 2.45) is 5.92 Å². The molecule has 0 atom stereocenters. The van der Waals surface area contributed by atoms with E-state index in [4.69, 9.17) is 10.5 Å². The topological polar surface area (TPSA) is 38.5 Å². The molecular weight excluding hydrogens is 248 g/mol. The Labute approximate surface area is 123 Å². The standard InChI is InChI=1S/C17H28N2O/c1-13(2)11-19(16-6-4-5-7-16)12-14-8-9-15(18)10-17(14)20-3/h8-10,13,16H,4-7,11-12,18H2,1-3H3. The van der Waals surface area contributed by atoms with Gasteiger partial charge in [0.2, 0.25) is 0 Å². The average Bonchev–Trinajstić information content (AvgIpc) is 2.93. The maximum absolute atomic E-state index is 5.84. The van der Waals surface area contributed by atoms with Gasteiger partial charge in [-0.3, -0.25) is 4.90 Å². The molecule has 2 N–H and O–H groups in total. The molecule has 0 spiro atoms. The van der Waals surface area contributed by atoms with Crippen LogP contribution in [-0.4, -0.2) is 24.6 Å². The lowest BCUT2D eigenvalue weighted by Gasteiger charge is -2.31. The van der Waals surface area contributed by atoms with Gasteiger partial charge < -0.3 is 10.5 Å². The minimum atomic E-state index is 0.690. The monoisotopic (exact) mass is 276 g/mol. The first-order valence-corrected chi connectivity index (χ1v) is 7.76. The van der Waals surface area contributed by atoms with Gasteiger partial charge >= 0.3 is 0 Å². The first-order chi connectivity index (χ1) is 9.60. The van der Waals surface area contributed by atoms with Crippen LogP contribution in [0.25, 0.3) is 0 Å². The van der Waals surface area contributed by atoms with Gasteiger partial charge in [-0.05, 0) is 24.8 Å². The molecule has 1 fully saturated rings. The number of nitrogens with zero attached hydrogens (tertiary/aromatic N) is 1. The van der Waals surface area contributed by atoms with Crippen molar-refractivity contribution in [3.8, 4) is 5.75 Å². The molecule has 0 unspecified atom stereocenters. The van der Waals surface area contributed by atoms with Crippen molar-refractivity contribution < 1.29 is 4.74 Å². The zero-order chi connectivity index (χ0) is 14.5. The fourth-order valence-electron chi connectivity index (χ4n) is 3.19. The van der Waals surface area contributed by atoms with Crippen molar-refractivity contribution in [3.05, 3.63) is 23.8 Å². The molecule has 1 aromatic rings. The Balaban J connectivity index is 2.13. The number of rotatable bonds is 6. The lowest BCUT2D eigenvalue weighted by molar-refractivity contribution is 0.167. The van der Waals surface area contributed by atoms with E-state index in [1.54, 1.807) is 7.11 Å². The number of methoxy groups -OCH3 is 1. The summed E-state index contributed by atoms with van der Waals surface area (Å²) in [5.74, 6) is 1.60. The smallest absolute Gasteiger partial charge is 0.125 e. The molecule has 112 valence electrons. The number of ether oxygens (including phenoxy) is 1. The Morgan fingerprint density at radius 2 is 2.00 bits per heavy atom. The van der Waals surface area contributed by atoms with Gasteiger partial charge in [0, 0.05) is 36.4 Å². The number of benzene rings is 1. The second kappa shape index (κ2) is 6.98. The SMILES string of the molecule is COc1cc(N)ccc1CN(CC(C)C)C1CCCC1. The molecule has 0 heterocycles. The number of hydrogen-bond acceptors (Lipinski definition) is 3. The summed E-state index contributed by atoms with van der Waals surface area (Å²) in [6, 6.07) is 6.74. The van der Waals surface area contributed by atoms with Crippen LogP contribution >= 0.6 is 0 Å². The second-order valence-electron chi connectivity index (χ2n) is 6.33. The lowest BCUT2D eigenvalue weighted by Crippen LogP contribution is -2.35. The van der Waals surface area contributed by atoms with E-state index in [2.05, 4.69) is 24.8 Å². The predicted molar refractivity (Wildman–Crippen MR) is 84.9 cm³/mol. The third-order valence-corrected chi connectivity index (χ3v) is 4.13. The molecule has 1 aromatic carbocycles. The van der Waals surface area contributed by atoms with E-state index in [9.17, 15) is 0 Å². The minimum absolute atomic E-state index is 0.690. The van der Waals surface area contributed by atoms with Crippen molar-refractivity contribution in [3.63, 3.8) is 0 Å². The van der Waals surface area contributed by atoms with Gasteiger partial charge in [0.05, 0.1) is 7.11 Å². The number of hydrogen-bond donors (Lipinski definition) is 1. The summed E-state index contributed by atoms with van der Waals surface area (Å²) in [6.07, 6.45) is 5.42. The van der Waals surface area contributed by atoms with E-state index in [0.717, 1.165) is 30.6 Å². The molecule has 0 aliphatic heterocycles. The van der Waals surface area contributed by atoms with Gasteiger partial charge in [0.15, 0.2) is 0 Å². The quantitative estimate of drug-likeness (QED) is 0.806. The third-order valence-electron chi connectivity index (χ3n) is 4.13. The average molecular weight is 276 g/mol. The van der Waals surface area contributed by atoms with Crippen LogP contribution in [-0.2, 0) is 6.54 Å². The van der Waals surface area contributed by atoms with Crippen LogP contribution in [0.3, 0.4) is 0 Å². The maximum atomic E-state index is 5.84. The number of nitrogen functional groups attached to an aromatic ring is 1. The highest BCUT2D eigenvalue weighted by Crippen LogP contribution is 2.29. The third kappa shape index (κ3) is 3.89. The van der Waals surface area contributed by atoms with Crippen molar-refractivity contribution >= 4 is 5.69 Å². The van der Waals surface area contributed by atoms with Gasteiger partial charge in [-0.15, -0.1) is 0 Å². The molecule has 3 heteroatoms. The van der Waals surface area contributed by atoms with Crippen LogP contribution in [0, 0.1) is 5.92 Å². The minimum Gasteiger partial charge on any atom is -0.496 e. The normalized spacial score (nSPS) is 16.2. The molecule has 2 rings (SSSR count). The van der Waals surface area contributed by atoms with Crippen molar-refractivity contribution in [1.29, 1.82) is 0 Å². The lowest BCUT2D eigenvalue weighted by atomic mass is 10.1. The number of anilines is 1. The van der Waals surface area contributed by atoms with Gasteiger partial charge in [-0.25, -0.2) is 0 Å². The van der Waals surface area contributed by atoms with Crippen LogP contribution in [0.2, 0.25) is 0 Å². The second-order valence-corrected chi connectivity index (χ2v) is 6.33. The summed E-state index contributed by atoms with van der Waals surface area (Å²) in [5, 5.41) is 0. The van der Waals surface area contributed by atoms with Crippen LogP contribution in [0.5, 0.6) is 5.75 Å². The molecule has 1 saturated carbocycles. The van der Waals surface area contributed by atoms with Gasteiger partial charge in [0.1, 0.15) is 5.75 Å². The molecule has 3 nitrogen and oxygen atoms in total. The van der Waals surface area contributed by atoms with E-state index < -0.39 is 0 Å². The Kier molecular flexibility index (Phi) is 5.30. The number of nitrogens with two attached hydrogens (primary N) is 1. The van der Waals surface area contributed by atoms with Gasteiger partial charge in [-0.1, -0.05) is 32.8 Å². The first-order valence-electron chi connectivity index (χ1n) is 7.76. The predicted octanol–water partition coefficient (Wildman–Crippen LogP) is 3.68. The maximum Gasteiger partial charge on any atom is 0.125 e. The molecule has 20 heavy (non-hydrogen) atoms. The van der Waals surface area contributed by atoms with Gasteiger partial charge in [0.25, 0.3) is 0 Å². The fraction of sp³-hybridized carbons (Fsp3) is 0.647. The van der Waals surface area contributed by atoms with Crippen LogP contribution in [0.15, 0.2) is 18.2 Å². The Morgan fingerprint density at radius 3 is 2.60 bits per heavy atom. The van der Waals surface area contributed by atoms with Crippen molar-refractivity contribution in [2.45, 2.75) is 52.1 Å². The zero-order valence-corrected chi connectivity index (χ0v) is 13.1. The Bertz CT molecular complexity index is 425. The van der Waals surface area contributed by atoms with Crippen molar-refractivity contribution in [1.82, 2.24) is 4.90 Å². The Hall–Kier alpha value is -1.22. The van der Waals surface area contributed by atoms with E-state index >= 15 is 0 Å². The molecule has 0 saturated heterocycles. The summed E-state index contributed by atoms with van der Waals surface area (Å²) in [7, 11) is 1.72. The van der Waals surface area contributed by atoms with E-state index in [0.29, 0.717) is 5.92 Å². The molecular formula is C17H28N2O. The van der Waals surface area contributed by atoms with E-state index in [-0.39, 0.29) is 0 Å². The largest absolute Gasteiger partial charge is 0.496 e. The summed E-state index contributed by atoms with van der Waals surface area (Å²) < 4.78 is 5.49. The first kappa shape index (κ1) is 15.2. The Morgan fingerprint density at radius 1 is 1.30 bits per heavy atom. The molecule has 1 aliphatic rings. The van der Waals surface area contributed by atoms with Crippen LogP contribution in [0.1, 0.15) is 45.1 Å². The highest BCUT2D eigenvalue weighted by molar-refractivity contribution is 5.48. The summed E-state index contributed by atoms with van der Waals surface area (Å²) in [4.78, 5) is 2.63. The summed E-state index contributed by atoms with van der Waals surface area (Å²) >= 11 is 0. The molecule has 0 bridgehead atoms. The summed E-state index contributed by atoms with van der Waals surface area (Å²) in [5.41, 5.74) is 7.85. The van der Waals surface area contributed by atoms with Crippen LogP contribution in [0.4, 0.5) is 5.69 Å².